The van der Waals surface area contributed by atoms with Crippen LogP contribution < -0.4 is 10.6 Å². The van der Waals surface area contributed by atoms with Crippen molar-refractivity contribution >= 4 is 11.8 Å². The number of hydrogen-bond acceptors (Lipinski definition) is 5. The lowest BCUT2D eigenvalue weighted by atomic mass is 10.2. The van der Waals surface area contributed by atoms with Crippen LogP contribution in [0.2, 0.25) is 0 Å². The van der Waals surface area contributed by atoms with Gasteiger partial charge in [0.15, 0.2) is 0 Å². The van der Waals surface area contributed by atoms with Gasteiger partial charge in [0.05, 0.1) is 43.8 Å². The van der Waals surface area contributed by atoms with E-state index in [2.05, 4.69) is 20.6 Å². The number of carbonyl (C=O) groups is 2. The van der Waals surface area contributed by atoms with Crippen LogP contribution in [0, 0.1) is 0 Å². The molecule has 2 aromatic heterocycles. The number of amides is 2. The zero-order valence-electron chi connectivity index (χ0n) is 14.3. The first kappa shape index (κ1) is 17.2. The van der Waals surface area contributed by atoms with Crippen molar-refractivity contribution in [1.82, 2.24) is 25.3 Å². The summed E-state index contributed by atoms with van der Waals surface area (Å²) in [5.74, 6) is 0.726. The van der Waals surface area contributed by atoms with Crippen molar-refractivity contribution in [2.24, 2.45) is 0 Å². The Morgan fingerprint density at radius 2 is 2.08 bits per heavy atom. The van der Waals surface area contributed by atoms with Crippen molar-refractivity contribution in [3.63, 3.8) is 0 Å². The molecular weight excluding hydrogens is 322 g/mol. The summed E-state index contributed by atoms with van der Waals surface area (Å²) < 4.78 is 7.15. The van der Waals surface area contributed by atoms with E-state index in [-0.39, 0.29) is 11.8 Å². The molecule has 1 aliphatic rings. The van der Waals surface area contributed by atoms with Crippen LogP contribution in [0.15, 0.2) is 28.9 Å². The van der Waals surface area contributed by atoms with Gasteiger partial charge in [-0.2, -0.15) is 5.10 Å². The second-order valence-corrected chi connectivity index (χ2v) is 6.05. The normalized spacial score (nSPS) is 14.1. The van der Waals surface area contributed by atoms with E-state index in [0.717, 1.165) is 30.2 Å². The molecular formula is C17H23N5O3. The Morgan fingerprint density at radius 3 is 2.84 bits per heavy atom. The first-order valence-corrected chi connectivity index (χ1v) is 8.47. The Hall–Kier alpha value is -2.61. The Kier molecular flexibility index (Phi) is 5.49. The molecule has 25 heavy (non-hydrogen) atoms. The smallest absolute Gasteiger partial charge is 0.234 e. The summed E-state index contributed by atoms with van der Waals surface area (Å²) in [7, 11) is 0. The first-order valence-electron chi connectivity index (χ1n) is 8.47. The van der Waals surface area contributed by atoms with E-state index in [1.165, 1.54) is 0 Å². The Morgan fingerprint density at radius 1 is 1.24 bits per heavy atom. The molecule has 8 heteroatoms. The van der Waals surface area contributed by atoms with Gasteiger partial charge < -0.3 is 15.1 Å². The highest BCUT2D eigenvalue weighted by Gasteiger charge is 2.20. The fraction of sp³-hybridized carbons (Fsp3) is 0.471. The molecule has 3 rings (SSSR count). The minimum Gasteiger partial charge on any atom is -0.467 e. The third-order valence-corrected chi connectivity index (χ3v) is 4.12. The second kappa shape index (κ2) is 7.98. The summed E-state index contributed by atoms with van der Waals surface area (Å²) in [4.78, 5) is 25.5. The van der Waals surface area contributed by atoms with Gasteiger partial charge in [-0.05, 0) is 18.2 Å². The van der Waals surface area contributed by atoms with Crippen LogP contribution in [0.25, 0.3) is 0 Å². The molecule has 0 aromatic carbocycles. The molecule has 134 valence electrons. The van der Waals surface area contributed by atoms with Crippen LogP contribution in [0.4, 0.5) is 0 Å². The Labute approximate surface area is 146 Å². The molecule has 0 saturated carbocycles. The summed E-state index contributed by atoms with van der Waals surface area (Å²) in [6, 6.07) is 5.62. The van der Waals surface area contributed by atoms with Crippen molar-refractivity contribution in [2.45, 2.75) is 39.5 Å². The van der Waals surface area contributed by atoms with Crippen LogP contribution in [-0.4, -0.2) is 39.6 Å². The average Bonchev–Trinajstić information content (AvgIpc) is 3.26. The topological polar surface area (TPSA) is 92.4 Å². The third-order valence-electron chi connectivity index (χ3n) is 4.12. The number of nitrogens with zero attached hydrogens (tertiary/aromatic N) is 3. The van der Waals surface area contributed by atoms with Gasteiger partial charge in [0.25, 0.3) is 0 Å². The van der Waals surface area contributed by atoms with Crippen molar-refractivity contribution < 1.29 is 14.0 Å². The lowest BCUT2D eigenvalue weighted by Gasteiger charge is -2.26. The molecule has 0 unspecified atom stereocenters. The van der Waals surface area contributed by atoms with Gasteiger partial charge in [0, 0.05) is 19.5 Å². The maximum atomic E-state index is 12.1. The van der Waals surface area contributed by atoms with Crippen LogP contribution >= 0.6 is 0 Å². The predicted octanol–water partition coefficient (Wildman–Crippen LogP) is 0.634. The lowest BCUT2D eigenvalue weighted by molar-refractivity contribution is -0.123. The summed E-state index contributed by atoms with van der Waals surface area (Å²) in [6.45, 7) is 5.18. The average molecular weight is 345 g/mol. The molecule has 8 nitrogen and oxygen atoms in total. The van der Waals surface area contributed by atoms with E-state index in [0.29, 0.717) is 32.6 Å². The standard InChI is InChI=1S/C17H23N5O3/c1-2-16(23)18-9-13-8-14-11-21(5-6-22(14)20-13)12-17(24)19-10-15-4-3-7-25-15/h3-4,7-8H,2,5-6,9-12H2,1H3,(H,18,23)(H,19,24). The summed E-state index contributed by atoms with van der Waals surface area (Å²) >= 11 is 0. The summed E-state index contributed by atoms with van der Waals surface area (Å²) in [6.07, 6.45) is 2.06. The minimum absolute atomic E-state index is 0.0147. The van der Waals surface area contributed by atoms with Gasteiger partial charge in [0.2, 0.25) is 11.8 Å². The van der Waals surface area contributed by atoms with Crippen LogP contribution in [0.5, 0.6) is 0 Å². The molecule has 2 aromatic rings. The van der Waals surface area contributed by atoms with Gasteiger partial charge in [-0.1, -0.05) is 6.92 Å². The van der Waals surface area contributed by atoms with Gasteiger partial charge in [-0.25, -0.2) is 0 Å². The van der Waals surface area contributed by atoms with Crippen LogP contribution in [-0.2, 0) is 35.8 Å². The van der Waals surface area contributed by atoms with E-state index < -0.39 is 0 Å². The summed E-state index contributed by atoms with van der Waals surface area (Å²) in [5, 5.41) is 10.2. The van der Waals surface area contributed by atoms with E-state index >= 15 is 0 Å². The number of hydrogen-bond donors (Lipinski definition) is 2. The van der Waals surface area contributed by atoms with Crippen LogP contribution in [0.3, 0.4) is 0 Å². The van der Waals surface area contributed by atoms with E-state index in [1.54, 1.807) is 12.3 Å². The molecule has 0 spiro atoms. The molecule has 0 aliphatic carbocycles. The number of furan rings is 1. The monoisotopic (exact) mass is 345 g/mol. The molecule has 0 fully saturated rings. The molecule has 0 atom stereocenters. The third kappa shape index (κ3) is 4.69. The van der Waals surface area contributed by atoms with Crippen molar-refractivity contribution in [2.75, 3.05) is 13.1 Å². The quantitative estimate of drug-likeness (QED) is 0.768. The second-order valence-electron chi connectivity index (χ2n) is 6.05. The minimum atomic E-state index is -0.0280. The highest BCUT2D eigenvalue weighted by Crippen LogP contribution is 2.13. The maximum absolute atomic E-state index is 12.1. The fourth-order valence-electron chi connectivity index (χ4n) is 2.77. The summed E-state index contributed by atoms with van der Waals surface area (Å²) in [5.41, 5.74) is 1.91. The molecule has 3 heterocycles. The Bertz CT molecular complexity index is 723. The van der Waals surface area contributed by atoms with Gasteiger partial charge in [-0.15, -0.1) is 0 Å². The fourth-order valence-corrected chi connectivity index (χ4v) is 2.77. The SMILES string of the molecule is CCC(=O)NCc1cc2n(n1)CCN(CC(=O)NCc1ccco1)C2. The number of rotatable bonds is 7. The van der Waals surface area contributed by atoms with Crippen molar-refractivity contribution in [1.29, 1.82) is 0 Å². The zero-order chi connectivity index (χ0) is 17.6. The molecule has 2 N–H and O–H groups in total. The van der Waals surface area contributed by atoms with E-state index in [9.17, 15) is 9.59 Å². The predicted molar refractivity (Wildman–Crippen MR) is 90.2 cm³/mol. The number of aromatic nitrogens is 2. The Balaban J connectivity index is 1.48. The van der Waals surface area contributed by atoms with E-state index in [4.69, 9.17) is 4.42 Å². The van der Waals surface area contributed by atoms with Gasteiger partial charge in [-0.3, -0.25) is 19.2 Å². The lowest BCUT2D eigenvalue weighted by Crippen LogP contribution is -2.41. The number of nitrogens with one attached hydrogen (secondary N) is 2. The molecule has 0 radical (unpaired) electrons. The van der Waals surface area contributed by atoms with Gasteiger partial charge >= 0.3 is 0 Å². The van der Waals surface area contributed by atoms with Crippen LogP contribution in [0.1, 0.15) is 30.5 Å². The first-order chi connectivity index (χ1) is 12.1. The maximum Gasteiger partial charge on any atom is 0.234 e. The molecule has 0 saturated heterocycles. The molecule has 0 bridgehead atoms. The highest BCUT2D eigenvalue weighted by atomic mass is 16.3. The number of carbonyl (C=O) groups excluding carboxylic acids is 2. The molecule has 2 amide bonds. The largest absolute Gasteiger partial charge is 0.467 e. The number of fused-ring (bicyclic) bond motifs is 1. The van der Waals surface area contributed by atoms with Gasteiger partial charge in [0.1, 0.15) is 5.76 Å². The van der Waals surface area contributed by atoms with Crippen molar-refractivity contribution in [3.8, 4) is 0 Å². The van der Waals surface area contributed by atoms with Crippen molar-refractivity contribution in [3.05, 3.63) is 41.6 Å². The molecule has 1 aliphatic heterocycles. The highest BCUT2D eigenvalue weighted by molar-refractivity contribution is 5.78. The zero-order valence-corrected chi connectivity index (χ0v) is 14.3. The van der Waals surface area contributed by atoms with E-state index in [1.807, 2.05) is 23.7 Å².